The molecule has 2 N–H and O–H groups in total. The van der Waals surface area contributed by atoms with E-state index in [1.165, 1.54) is 16.7 Å². The summed E-state index contributed by atoms with van der Waals surface area (Å²) in [6.07, 6.45) is 0.791. The van der Waals surface area contributed by atoms with Crippen LogP contribution in [0, 0.1) is 12.7 Å². The van der Waals surface area contributed by atoms with Crippen LogP contribution in [-0.4, -0.2) is 27.5 Å². The number of hydrogen-bond acceptors (Lipinski definition) is 3. The van der Waals surface area contributed by atoms with E-state index in [9.17, 15) is 19.1 Å². The summed E-state index contributed by atoms with van der Waals surface area (Å²) in [6.45, 7) is 5.56. The summed E-state index contributed by atoms with van der Waals surface area (Å²) in [5.41, 5.74) is 1.69. The smallest absolute Gasteiger partial charge is 0.262 e. The van der Waals surface area contributed by atoms with E-state index in [1.54, 1.807) is 25.1 Å². The number of nitrogens with zero attached hydrogens (tertiary/aromatic N) is 1. The molecule has 0 radical (unpaired) electrons. The molecular weight excluding hydrogens is 395 g/mol. The van der Waals surface area contributed by atoms with Gasteiger partial charge in [-0.05, 0) is 50.1 Å². The van der Waals surface area contributed by atoms with Crippen molar-refractivity contribution in [1.82, 2.24) is 9.88 Å². The predicted molar refractivity (Wildman–Crippen MR) is 111 cm³/mol. The number of rotatable bonds is 5. The van der Waals surface area contributed by atoms with E-state index in [4.69, 9.17) is 11.6 Å². The predicted octanol–water partition coefficient (Wildman–Crippen LogP) is 4.59. The highest BCUT2D eigenvalue weighted by Crippen LogP contribution is 2.32. The van der Waals surface area contributed by atoms with Crippen molar-refractivity contribution >= 4 is 34.3 Å². The molecule has 0 aliphatic carbocycles. The van der Waals surface area contributed by atoms with Crippen LogP contribution in [0.25, 0.3) is 10.9 Å². The number of amides is 1. The van der Waals surface area contributed by atoms with E-state index < -0.39 is 17.5 Å². The molecule has 0 bridgehead atoms. The van der Waals surface area contributed by atoms with Crippen LogP contribution in [0.4, 0.5) is 4.39 Å². The van der Waals surface area contributed by atoms with Gasteiger partial charge in [0, 0.05) is 33.8 Å². The number of nitrogens with one attached hydrogen (secondary N) is 1. The molecule has 1 unspecified atom stereocenters. The molecule has 7 heteroatoms. The lowest BCUT2D eigenvalue weighted by molar-refractivity contribution is -0.121. The zero-order valence-corrected chi connectivity index (χ0v) is 17.2. The van der Waals surface area contributed by atoms with Crippen LogP contribution in [0.1, 0.15) is 41.9 Å². The largest absolute Gasteiger partial charge is 0.505 e. The van der Waals surface area contributed by atoms with Gasteiger partial charge in [0.2, 0.25) is 5.91 Å². The molecule has 0 saturated heterocycles. The average molecular weight is 417 g/mol. The van der Waals surface area contributed by atoms with Gasteiger partial charge >= 0.3 is 0 Å². The first-order chi connectivity index (χ1) is 13.7. The Morgan fingerprint density at radius 2 is 2.00 bits per heavy atom. The van der Waals surface area contributed by atoms with E-state index in [0.717, 1.165) is 12.5 Å². The van der Waals surface area contributed by atoms with E-state index >= 15 is 0 Å². The fourth-order valence-electron chi connectivity index (χ4n) is 3.31. The molecule has 0 saturated carbocycles. The first-order valence-corrected chi connectivity index (χ1v) is 9.72. The second kappa shape index (κ2) is 8.25. The van der Waals surface area contributed by atoms with E-state index in [2.05, 4.69) is 5.32 Å². The van der Waals surface area contributed by atoms with E-state index in [1.807, 2.05) is 13.8 Å². The summed E-state index contributed by atoms with van der Waals surface area (Å²) in [5, 5.41) is 13.6. The Kier molecular flexibility index (Phi) is 5.94. The second-order valence-electron chi connectivity index (χ2n) is 7.09. The van der Waals surface area contributed by atoms with Crippen molar-refractivity contribution in [1.29, 1.82) is 0 Å². The van der Waals surface area contributed by atoms with Gasteiger partial charge in [-0.25, -0.2) is 4.39 Å². The van der Waals surface area contributed by atoms with Crippen LogP contribution in [0.5, 0.6) is 5.75 Å². The van der Waals surface area contributed by atoms with Gasteiger partial charge in [-0.1, -0.05) is 24.6 Å². The lowest BCUT2D eigenvalue weighted by Crippen LogP contribution is -2.33. The maximum Gasteiger partial charge on any atom is 0.262 e. The van der Waals surface area contributed by atoms with Crippen molar-refractivity contribution in [2.45, 2.75) is 39.7 Å². The first-order valence-electron chi connectivity index (χ1n) is 9.35. The van der Waals surface area contributed by atoms with Crippen LogP contribution < -0.4 is 5.32 Å². The maximum atomic E-state index is 14.1. The highest BCUT2D eigenvalue weighted by atomic mass is 35.5. The van der Waals surface area contributed by atoms with Crippen LogP contribution in [0.15, 0.2) is 36.4 Å². The summed E-state index contributed by atoms with van der Waals surface area (Å²) in [6, 6.07) is 8.83. The molecular formula is C22H22ClFN2O3. The van der Waals surface area contributed by atoms with Crippen LogP contribution in [0.2, 0.25) is 5.02 Å². The Balaban J connectivity index is 2.15. The molecule has 1 aromatic heterocycles. The number of carbonyl (C=O) groups is 2. The lowest BCUT2D eigenvalue weighted by atomic mass is 10.1. The van der Waals surface area contributed by atoms with Crippen molar-refractivity contribution in [2.75, 3.05) is 0 Å². The molecule has 0 fully saturated rings. The third-order valence-corrected chi connectivity index (χ3v) is 5.27. The number of carbonyl (C=O) groups excluding carboxylic acids is 2. The molecule has 0 spiro atoms. The fraction of sp³-hybridized carbons (Fsp3) is 0.273. The Morgan fingerprint density at radius 1 is 1.28 bits per heavy atom. The normalized spacial score (nSPS) is 12.2. The average Bonchev–Trinajstić information content (AvgIpc) is 2.92. The monoisotopic (exact) mass is 416 g/mol. The third-order valence-electron chi connectivity index (χ3n) is 5.04. The summed E-state index contributed by atoms with van der Waals surface area (Å²) < 4.78 is 15.5. The third kappa shape index (κ3) is 4.12. The van der Waals surface area contributed by atoms with Gasteiger partial charge in [-0.3, -0.25) is 14.2 Å². The number of fused-ring (bicyclic) bond motifs is 1. The van der Waals surface area contributed by atoms with Gasteiger partial charge in [-0.15, -0.1) is 0 Å². The van der Waals surface area contributed by atoms with Gasteiger partial charge < -0.3 is 10.4 Å². The van der Waals surface area contributed by atoms with Crippen molar-refractivity contribution in [3.05, 3.63) is 64.1 Å². The van der Waals surface area contributed by atoms with Crippen molar-refractivity contribution in [3.63, 3.8) is 0 Å². The highest BCUT2D eigenvalue weighted by Gasteiger charge is 2.23. The second-order valence-corrected chi connectivity index (χ2v) is 7.53. The molecule has 3 rings (SSSR count). The number of phenols is 1. The molecule has 2 aromatic carbocycles. The van der Waals surface area contributed by atoms with Crippen LogP contribution in [-0.2, 0) is 11.2 Å². The molecule has 5 nitrogen and oxygen atoms in total. The van der Waals surface area contributed by atoms with Crippen LogP contribution in [0.3, 0.4) is 0 Å². The Hall–Kier alpha value is -2.86. The minimum atomic E-state index is -0.842. The number of halogens is 2. The molecule has 152 valence electrons. The number of phenolic OH excluding ortho intramolecular Hbond substituents is 1. The molecule has 1 amide bonds. The number of aromatic nitrogens is 1. The van der Waals surface area contributed by atoms with Gasteiger partial charge in [0.25, 0.3) is 5.91 Å². The zero-order chi connectivity index (χ0) is 21.3. The van der Waals surface area contributed by atoms with Crippen molar-refractivity contribution in [2.24, 2.45) is 0 Å². The summed E-state index contributed by atoms with van der Waals surface area (Å²) in [7, 11) is 0. The first kappa shape index (κ1) is 20.9. The Bertz CT molecular complexity index is 1110. The van der Waals surface area contributed by atoms with E-state index in [-0.39, 0.29) is 23.9 Å². The maximum absolute atomic E-state index is 14.1. The standard InChI is InChI=1S/C22H22ClFN2O3/c1-4-12(2)25-21(28)10-16-13(3)26(19-11-18(24)20(27)9-17(16)19)22(29)14-6-5-7-15(23)8-14/h5-9,11-12,27H,4,10H2,1-3H3,(H,25,28). The number of benzene rings is 2. The molecule has 29 heavy (non-hydrogen) atoms. The van der Waals surface area contributed by atoms with Gasteiger partial charge in [0.1, 0.15) is 0 Å². The minimum absolute atomic E-state index is 0.00751. The number of aromatic hydroxyl groups is 1. The summed E-state index contributed by atoms with van der Waals surface area (Å²) >= 11 is 6.01. The quantitative estimate of drug-likeness (QED) is 0.638. The molecule has 0 aliphatic rings. The van der Waals surface area contributed by atoms with Crippen molar-refractivity contribution < 1.29 is 19.1 Å². The van der Waals surface area contributed by atoms with Crippen molar-refractivity contribution in [3.8, 4) is 5.75 Å². The van der Waals surface area contributed by atoms with Crippen LogP contribution >= 0.6 is 11.6 Å². The molecule has 0 aliphatic heterocycles. The van der Waals surface area contributed by atoms with E-state index in [0.29, 0.717) is 27.2 Å². The lowest BCUT2D eigenvalue weighted by Gasteiger charge is -2.12. The minimum Gasteiger partial charge on any atom is -0.505 e. The van der Waals surface area contributed by atoms with Gasteiger partial charge in [0.05, 0.1) is 11.9 Å². The Morgan fingerprint density at radius 3 is 2.66 bits per heavy atom. The highest BCUT2D eigenvalue weighted by molar-refractivity contribution is 6.31. The Labute approximate surface area is 173 Å². The summed E-state index contributed by atoms with van der Waals surface area (Å²) in [5.74, 6) is -1.98. The van der Waals surface area contributed by atoms with Gasteiger partial charge in [0.15, 0.2) is 11.6 Å². The number of hydrogen-bond donors (Lipinski definition) is 2. The summed E-state index contributed by atoms with van der Waals surface area (Å²) in [4.78, 5) is 25.6. The zero-order valence-electron chi connectivity index (χ0n) is 16.4. The topological polar surface area (TPSA) is 71.3 Å². The van der Waals surface area contributed by atoms with Gasteiger partial charge in [-0.2, -0.15) is 0 Å². The SMILES string of the molecule is CCC(C)NC(=O)Cc1c(C)n(C(=O)c2cccc(Cl)c2)c2cc(F)c(O)cc12. The molecule has 3 aromatic rings. The molecule has 1 atom stereocenters. The fourth-order valence-corrected chi connectivity index (χ4v) is 3.50. The molecule has 1 heterocycles.